The molecule has 0 unspecified atom stereocenters. The second-order valence-corrected chi connectivity index (χ2v) is 10.0. The van der Waals surface area contributed by atoms with Crippen molar-refractivity contribution in [1.29, 1.82) is 0 Å². The molecule has 1 amide bonds. The normalized spacial score (nSPS) is 13.5. The number of hydrogen-bond donors (Lipinski definition) is 2. The molecular formula is C30H26ClN5O4. The number of ketones is 1. The third kappa shape index (κ3) is 4.92. The fraction of sp³-hybridized carbons (Fsp3) is 0.167. The smallest absolute Gasteiger partial charge is 0.254 e. The molecule has 0 aliphatic carbocycles. The Labute approximate surface area is 235 Å². The first kappa shape index (κ1) is 25.7. The maximum absolute atomic E-state index is 13.4. The number of aromatic nitrogens is 3. The molecule has 202 valence electrons. The van der Waals surface area contributed by atoms with E-state index in [1.165, 1.54) is 10.9 Å². The topological polar surface area (TPSA) is 115 Å². The number of benzene rings is 3. The lowest BCUT2D eigenvalue weighted by Crippen LogP contribution is -2.40. The molecule has 6 rings (SSSR count). The van der Waals surface area contributed by atoms with Gasteiger partial charge in [-0.15, -0.1) is 0 Å². The quantitative estimate of drug-likeness (QED) is 0.271. The Hall–Kier alpha value is -4.60. The van der Waals surface area contributed by atoms with Crippen LogP contribution in [0.15, 0.2) is 72.9 Å². The first-order valence-corrected chi connectivity index (χ1v) is 13.2. The Balaban J connectivity index is 1.23. The summed E-state index contributed by atoms with van der Waals surface area (Å²) in [5.41, 5.74) is 9.95. The Kier molecular flexibility index (Phi) is 6.75. The Bertz CT molecular complexity index is 1750. The van der Waals surface area contributed by atoms with Crippen molar-refractivity contribution in [2.75, 3.05) is 32.0 Å². The van der Waals surface area contributed by atoms with E-state index in [2.05, 4.69) is 10.1 Å². The van der Waals surface area contributed by atoms with Crippen molar-refractivity contribution < 1.29 is 19.1 Å². The summed E-state index contributed by atoms with van der Waals surface area (Å²) >= 11 is 6.05. The van der Waals surface area contributed by atoms with E-state index in [1.54, 1.807) is 41.3 Å². The maximum Gasteiger partial charge on any atom is 0.254 e. The van der Waals surface area contributed by atoms with E-state index in [-0.39, 0.29) is 23.1 Å². The second kappa shape index (κ2) is 10.5. The van der Waals surface area contributed by atoms with Crippen LogP contribution in [-0.2, 0) is 4.74 Å². The summed E-state index contributed by atoms with van der Waals surface area (Å²) in [7, 11) is 0. The van der Waals surface area contributed by atoms with Gasteiger partial charge in [0.05, 0.1) is 36.4 Å². The predicted molar refractivity (Wildman–Crippen MR) is 153 cm³/mol. The molecule has 40 heavy (non-hydrogen) atoms. The van der Waals surface area contributed by atoms with Gasteiger partial charge in [-0.05, 0) is 73.2 Å². The van der Waals surface area contributed by atoms with Crippen molar-refractivity contribution in [3.05, 3.63) is 100 Å². The molecule has 3 N–H and O–H groups in total. The molecule has 0 saturated carbocycles. The van der Waals surface area contributed by atoms with Crippen LogP contribution >= 0.6 is 11.6 Å². The number of ether oxygens (including phenoxy) is 2. The summed E-state index contributed by atoms with van der Waals surface area (Å²) in [6.07, 6.45) is 1.46. The molecule has 5 aromatic rings. The minimum atomic E-state index is -0.292. The third-order valence-electron chi connectivity index (χ3n) is 6.89. The Morgan fingerprint density at radius 1 is 1.02 bits per heavy atom. The van der Waals surface area contributed by atoms with Gasteiger partial charge in [-0.3, -0.25) is 9.59 Å². The van der Waals surface area contributed by atoms with E-state index in [4.69, 9.17) is 26.8 Å². The molecule has 1 aliphatic heterocycles. The number of carbonyl (C=O) groups excluding carboxylic acids is 2. The highest BCUT2D eigenvalue weighted by atomic mass is 35.5. The maximum atomic E-state index is 13.4. The Morgan fingerprint density at radius 2 is 1.82 bits per heavy atom. The lowest BCUT2D eigenvalue weighted by Gasteiger charge is -2.26. The molecule has 1 saturated heterocycles. The van der Waals surface area contributed by atoms with Crippen LogP contribution in [0.25, 0.3) is 16.6 Å². The fourth-order valence-corrected chi connectivity index (χ4v) is 4.98. The van der Waals surface area contributed by atoms with Gasteiger partial charge in [-0.25, -0.2) is 4.68 Å². The molecule has 3 aromatic carbocycles. The molecule has 9 nitrogen and oxygen atoms in total. The summed E-state index contributed by atoms with van der Waals surface area (Å²) in [4.78, 5) is 31.2. The molecule has 3 heterocycles. The molecule has 0 radical (unpaired) electrons. The molecule has 0 bridgehead atoms. The molecule has 0 atom stereocenters. The number of aryl methyl sites for hydroxylation is 1. The van der Waals surface area contributed by atoms with E-state index in [0.717, 1.165) is 22.2 Å². The van der Waals surface area contributed by atoms with E-state index in [1.807, 2.05) is 37.3 Å². The summed E-state index contributed by atoms with van der Waals surface area (Å²) in [6.45, 7) is 4.11. The predicted octanol–water partition coefficient (Wildman–Crippen LogP) is 5.39. The van der Waals surface area contributed by atoms with Crippen molar-refractivity contribution >= 4 is 40.0 Å². The number of H-pyrrole nitrogens is 1. The van der Waals surface area contributed by atoms with Crippen LogP contribution in [0.4, 0.5) is 5.82 Å². The SMILES string of the molecule is Cc1cc(Oc2cccc(Cl)c2)ccc1-n1ncc(C(=O)c2cc3cc(C(=O)N4CCOCC4)ccc3[nH]2)c1N. The van der Waals surface area contributed by atoms with Gasteiger partial charge in [-0.2, -0.15) is 5.10 Å². The van der Waals surface area contributed by atoms with Crippen molar-refractivity contribution in [3.63, 3.8) is 0 Å². The molecule has 1 aliphatic rings. The number of hydrogen-bond acceptors (Lipinski definition) is 6. The molecule has 1 fully saturated rings. The average Bonchev–Trinajstić information content (AvgIpc) is 3.56. The van der Waals surface area contributed by atoms with Gasteiger partial charge in [0.2, 0.25) is 5.78 Å². The van der Waals surface area contributed by atoms with E-state index in [0.29, 0.717) is 54.1 Å². The zero-order valence-corrected chi connectivity index (χ0v) is 22.4. The van der Waals surface area contributed by atoms with Crippen LogP contribution in [0.1, 0.15) is 32.0 Å². The van der Waals surface area contributed by atoms with E-state index >= 15 is 0 Å². The molecular weight excluding hydrogens is 530 g/mol. The largest absolute Gasteiger partial charge is 0.457 e. The van der Waals surface area contributed by atoms with Gasteiger partial charge in [-0.1, -0.05) is 17.7 Å². The monoisotopic (exact) mass is 555 g/mol. The minimum Gasteiger partial charge on any atom is -0.457 e. The number of nitrogen functional groups attached to an aromatic ring is 1. The summed E-state index contributed by atoms with van der Waals surface area (Å²) in [5, 5.41) is 5.75. The number of halogens is 1. The minimum absolute atomic E-state index is 0.0517. The number of morpholine rings is 1. The van der Waals surface area contributed by atoms with Gasteiger partial charge >= 0.3 is 0 Å². The highest BCUT2D eigenvalue weighted by Crippen LogP contribution is 2.29. The number of nitrogens with zero attached hydrogens (tertiary/aromatic N) is 3. The second-order valence-electron chi connectivity index (χ2n) is 9.58. The number of carbonyl (C=O) groups is 2. The number of amides is 1. The highest BCUT2D eigenvalue weighted by molar-refractivity contribution is 6.30. The first-order valence-electron chi connectivity index (χ1n) is 12.8. The lowest BCUT2D eigenvalue weighted by molar-refractivity contribution is 0.0303. The number of anilines is 1. The van der Waals surface area contributed by atoms with Crippen LogP contribution in [-0.4, -0.2) is 57.7 Å². The van der Waals surface area contributed by atoms with E-state index < -0.39 is 0 Å². The zero-order chi connectivity index (χ0) is 27.8. The van der Waals surface area contributed by atoms with Gasteiger partial charge in [0, 0.05) is 34.6 Å². The van der Waals surface area contributed by atoms with Crippen molar-refractivity contribution in [2.24, 2.45) is 0 Å². The van der Waals surface area contributed by atoms with Crippen molar-refractivity contribution in [2.45, 2.75) is 6.92 Å². The summed E-state index contributed by atoms with van der Waals surface area (Å²) < 4.78 is 12.8. The van der Waals surface area contributed by atoms with Crippen molar-refractivity contribution in [1.82, 2.24) is 19.7 Å². The average molecular weight is 556 g/mol. The standard InChI is InChI=1S/C30H26ClN5O4/c1-18-13-23(40-22-4-2-3-21(31)16-22)6-8-27(18)36-29(32)24(17-33-36)28(37)26-15-20-14-19(5-7-25(20)34-26)30(38)35-9-11-39-12-10-35/h2-8,13-17,34H,9-12,32H2,1H3. The van der Waals surface area contributed by atoms with Gasteiger partial charge < -0.3 is 25.1 Å². The number of aromatic amines is 1. The lowest BCUT2D eigenvalue weighted by atomic mass is 10.1. The van der Waals surface area contributed by atoms with Gasteiger partial charge in [0.1, 0.15) is 17.3 Å². The zero-order valence-electron chi connectivity index (χ0n) is 21.7. The van der Waals surface area contributed by atoms with Gasteiger partial charge in [0.15, 0.2) is 0 Å². The fourth-order valence-electron chi connectivity index (χ4n) is 4.80. The molecule has 10 heteroatoms. The first-order chi connectivity index (χ1) is 19.4. The number of nitrogens with two attached hydrogens (primary N) is 1. The summed E-state index contributed by atoms with van der Waals surface area (Å²) in [6, 6.07) is 19.8. The van der Waals surface area contributed by atoms with Crippen LogP contribution in [0, 0.1) is 6.92 Å². The van der Waals surface area contributed by atoms with Crippen molar-refractivity contribution in [3.8, 4) is 17.2 Å². The molecule has 0 spiro atoms. The highest BCUT2D eigenvalue weighted by Gasteiger charge is 2.22. The number of fused-ring (bicyclic) bond motifs is 1. The van der Waals surface area contributed by atoms with Crippen LogP contribution in [0.2, 0.25) is 5.02 Å². The Morgan fingerprint density at radius 3 is 2.60 bits per heavy atom. The summed E-state index contributed by atoms with van der Waals surface area (Å²) in [5.74, 6) is 1.14. The number of nitrogens with one attached hydrogen (secondary N) is 1. The number of rotatable bonds is 6. The van der Waals surface area contributed by atoms with Crippen LogP contribution in [0.3, 0.4) is 0 Å². The third-order valence-corrected chi connectivity index (χ3v) is 7.13. The van der Waals surface area contributed by atoms with Gasteiger partial charge in [0.25, 0.3) is 5.91 Å². The molecule has 2 aromatic heterocycles. The van der Waals surface area contributed by atoms with Crippen LogP contribution in [0.5, 0.6) is 11.5 Å². The van der Waals surface area contributed by atoms with Crippen LogP contribution < -0.4 is 10.5 Å². The van der Waals surface area contributed by atoms with E-state index in [9.17, 15) is 9.59 Å².